The Hall–Kier alpha value is -0.956. The van der Waals surface area contributed by atoms with E-state index in [2.05, 4.69) is 20.8 Å². The summed E-state index contributed by atoms with van der Waals surface area (Å²) in [5, 5.41) is 32.1. The molecule has 1 saturated heterocycles. The number of rotatable bonds is 31. The van der Waals surface area contributed by atoms with Gasteiger partial charge in [0.25, 0.3) is 0 Å². The second-order valence-corrected chi connectivity index (χ2v) is 13.6. The first-order valence-electron chi connectivity index (χ1n) is 19.1. The average Bonchev–Trinajstić information content (AvgIpc) is 3.76. The SMILES string of the molecule is CC(C)CCCCCCCCCCCCCCC(=O)O.CCCCCCCCC1OC1CCCCCCCC(=O)O.O=C(O)CO.[Ti]. The van der Waals surface area contributed by atoms with Crippen LogP contribution in [0.3, 0.4) is 0 Å². The van der Waals surface area contributed by atoms with E-state index in [0.717, 1.165) is 31.6 Å². The molecule has 1 aliphatic rings. The number of unbranched alkanes of at least 4 members (excludes halogenated alkanes) is 20. The van der Waals surface area contributed by atoms with Crippen molar-refractivity contribution in [2.45, 2.75) is 213 Å². The number of hydrogen-bond donors (Lipinski definition) is 4. The molecule has 1 heterocycles. The number of aliphatic hydroxyl groups excluding tert-OH is 1. The fraction of sp³-hybridized carbons (Fsp3) is 0.921. The van der Waals surface area contributed by atoms with Crippen molar-refractivity contribution in [3.63, 3.8) is 0 Å². The Morgan fingerprint density at radius 2 is 0.809 bits per heavy atom. The van der Waals surface area contributed by atoms with Crippen LogP contribution >= 0.6 is 0 Å². The van der Waals surface area contributed by atoms with Crippen LogP contribution in [0.1, 0.15) is 201 Å². The summed E-state index contributed by atoms with van der Waals surface area (Å²) in [5.41, 5.74) is 0. The molecule has 2 unspecified atom stereocenters. The molecule has 1 fully saturated rings. The molecular formula is C38H74O8Ti. The summed E-state index contributed by atoms with van der Waals surface area (Å²) in [4.78, 5) is 29.8. The molecule has 1 aliphatic heterocycles. The van der Waals surface area contributed by atoms with Crippen molar-refractivity contribution in [3.8, 4) is 0 Å². The number of ether oxygens (including phenoxy) is 1. The second-order valence-electron chi connectivity index (χ2n) is 13.6. The molecule has 4 N–H and O–H groups in total. The van der Waals surface area contributed by atoms with E-state index in [-0.39, 0.29) is 21.7 Å². The number of epoxide rings is 1. The molecular weight excluding hydrogens is 632 g/mol. The van der Waals surface area contributed by atoms with E-state index in [0.29, 0.717) is 25.0 Å². The van der Waals surface area contributed by atoms with Crippen LogP contribution < -0.4 is 0 Å². The van der Waals surface area contributed by atoms with Gasteiger partial charge in [-0.3, -0.25) is 9.59 Å². The topological polar surface area (TPSA) is 145 Å². The summed E-state index contributed by atoms with van der Waals surface area (Å²) >= 11 is 0. The minimum Gasteiger partial charge on any atom is -0.481 e. The van der Waals surface area contributed by atoms with Crippen LogP contribution in [0.25, 0.3) is 0 Å². The van der Waals surface area contributed by atoms with Crippen molar-refractivity contribution in [2.75, 3.05) is 6.61 Å². The second kappa shape index (κ2) is 39.5. The Balaban J connectivity index is -0.000000707. The van der Waals surface area contributed by atoms with E-state index in [1.807, 2.05) is 0 Å². The van der Waals surface area contributed by atoms with Crippen molar-refractivity contribution >= 4 is 17.9 Å². The van der Waals surface area contributed by atoms with Gasteiger partial charge < -0.3 is 25.2 Å². The molecule has 1 rings (SSSR count). The van der Waals surface area contributed by atoms with Gasteiger partial charge in [0.2, 0.25) is 0 Å². The molecule has 0 radical (unpaired) electrons. The number of carbonyl (C=O) groups is 3. The molecule has 2 atom stereocenters. The first kappa shape index (κ1) is 50.4. The third kappa shape index (κ3) is 47.2. The number of carboxylic acids is 3. The maximum absolute atomic E-state index is 10.4. The van der Waals surface area contributed by atoms with Crippen molar-refractivity contribution in [1.29, 1.82) is 0 Å². The summed E-state index contributed by atoms with van der Waals surface area (Å²) in [6, 6.07) is 0. The molecule has 9 heteroatoms. The molecule has 0 aliphatic carbocycles. The average molecular weight is 707 g/mol. The maximum Gasteiger partial charge on any atom is 0.329 e. The summed E-state index contributed by atoms with van der Waals surface area (Å²) in [5.74, 6) is -1.65. The number of hydrogen-bond acceptors (Lipinski definition) is 5. The van der Waals surface area contributed by atoms with Crippen molar-refractivity contribution in [3.05, 3.63) is 0 Å². The third-order valence-corrected chi connectivity index (χ3v) is 8.47. The van der Waals surface area contributed by atoms with Crippen LogP contribution in [0, 0.1) is 5.92 Å². The van der Waals surface area contributed by atoms with Crippen LogP contribution in [0.2, 0.25) is 0 Å². The van der Waals surface area contributed by atoms with Crippen molar-refractivity contribution < 1.29 is 61.3 Å². The smallest absolute Gasteiger partial charge is 0.329 e. The Labute approximate surface area is 303 Å². The molecule has 0 saturated carbocycles. The standard InChI is InChI=1S/C18H34O3.C18H36O2.C2H4O3.Ti/c1-2-3-4-5-7-10-13-16-17(21-16)14-11-8-6-9-12-15-18(19)20;1-17(2)15-13-11-9-7-5-3-4-6-8-10-12-14-16-18(19)20;3-1-2(4)5;/h16-17H,2-15H2,1H3,(H,19,20);17H,3-16H2,1-2H3,(H,19,20);3H,1H2,(H,4,5);. The zero-order valence-electron chi connectivity index (χ0n) is 30.7. The maximum atomic E-state index is 10.4. The minimum absolute atomic E-state index is 0. The minimum atomic E-state index is -1.19. The van der Waals surface area contributed by atoms with Crippen LogP contribution in [0.5, 0.6) is 0 Å². The van der Waals surface area contributed by atoms with Gasteiger partial charge in [-0.05, 0) is 31.6 Å². The molecule has 0 amide bonds. The van der Waals surface area contributed by atoms with Crippen LogP contribution in [-0.2, 0) is 40.8 Å². The number of carboxylic acid groups (broad SMARTS) is 3. The van der Waals surface area contributed by atoms with Gasteiger partial charge in [0.1, 0.15) is 6.61 Å². The van der Waals surface area contributed by atoms with E-state index < -0.39 is 24.5 Å². The predicted molar refractivity (Wildman–Crippen MR) is 188 cm³/mol. The Morgan fingerprint density at radius 1 is 0.511 bits per heavy atom. The Kier molecular flexibility index (Phi) is 42.4. The zero-order chi connectivity index (χ0) is 34.7. The van der Waals surface area contributed by atoms with Gasteiger partial charge in [0.15, 0.2) is 0 Å². The van der Waals surface area contributed by atoms with E-state index in [1.165, 1.54) is 141 Å². The quantitative estimate of drug-likeness (QED) is 0.0317. The number of aliphatic hydroxyl groups is 1. The van der Waals surface area contributed by atoms with Crippen LogP contribution in [-0.4, -0.2) is 57.1 Å². The van der Waals surface area contributed by atoms with Gasteiger partial charge in [0, 0.05) is 34.6 Å². The molecule has 278 valence electrons. The van der Waals surface area contributed by atoms with E-state index in [9.17, 15) is 9.59 Å². The van der Waals surface area contributed by atoms with Gasteiger partial charge in [-0.25, -0.2) is 4.79 Å². The summed E-state index contributed by atoms with van der Waals surface area (Å²) < 4.78 is 5.73. The van der Waals surface area contributed by atoms with Gasteiger partial charge in [0.05, 0.1) is 12.2 Å². The largest absolute Gasteiger partial charge is 0.481 e. The number of aliphatic carboxylic acids is 3. The first-order chi connectivity index (χ1) is 22.1. The molecule has 47 heavy (non-hydrogen) atoms. The Morgan fingerprint density at radius 3 is 1.11 bits per heavy atom. The van der Waals surface area contributed by atoms with E-state index in [1.54, 1.807) is 0 Å². The third-order valence-electron chi connectivity index (χ3n) is 8.47. The van der Waals surface area contributed by atoms with Gasteiger partial charge in [-0.2, -0.15) is 0 Å². The summed E-state index contributed by atoms with van der Waals surface area (Å²) in [7, 11) is 0. The van der Waals surface area contributed by atoms with Crippen LogP contribution in [0.15, 0.2) is 0 Å². The molecule has 0 aromatic carbocycles. The summed E-state index contributed by atoms with van der Waals surface area (Å²) in [6.45, 7) is 6.10. The predicted octanol–water partition coefficient (Wildman–Crippen LogP) is 10.6. The fourth-order valence-electron chi connectivity index (χ4n) is 5.56. The molecule has 0 aromatic rings. The molecule has 0 bridgehead atoms. The van der Waals surface area contributed by atoms with Crippen LogP contribution in [0.4, 0.5) is 0 Å². The molecule has 0 aromatic heterocycles. The van der Waals surface area contributed by atoms with Gasteiger partial charge >= 0.3 is 17.9 Å². The van der Waals surface area contributed by atoms with Gasteiger partial charge in [-0.1, -0.05) is 162 Å². The van der Waals surface area contributed by atoms with E-state index in [4.69, 9.17) is 30.0 Å². The first-order valence-corrected chi connectivity index (χ1v) is 19.1. The summed E-state index contributed by atoms with van der Waals surface area (Å²) in [6.07, 6.45) is 34.9. The zero-order valence-corrected chi connectivity index (χ0v) is 32.2. The fourth-order valence-corrected chi connectivity index (χ4v) is 5.56. The molecule has 8 nitrogen and oxygen atoms in total. The van der Waals surface area contributed by atoms with E-state index >= 15 is 0 Å². The van der Waals surface area contributed by atoms with Crippen molar-refractivity contribution in [1.82, 2.24) is 0 Å². The van der Waals surface area contributed by atoms with Gasteiger partial charge in [-0.15, -0.1) is 0 Å². The molecule has 0 spiro atoms. The normalized spacial score (nSPS) is 14.7. The van der Waals surface area contributed by atoms with Crippen molar-refractivity contribution in [2.24, 2.45) is 5.92 Å². The Bertz CT molecular complexity index is 689. The monoisotopic (exact) mass is 706 g/mol.